The molecule has 0 aliphatic rings. The molecule has 2 aromatic carbocycles. The van der Waals surface area contributed by atoms with Crippen LogP contribution in [-0.2, 0) is 14.3 Å². The van der Waals surface area contributed by atoms with E-state index in [2.05, 4.69) is 20.3 Å². The number of esters is 1. The molecular weight excluding hydrogens is 376 g/mol. The lowest BCUT2D eigenvalue weighted by Crippen LogP contribution is -2.29. The number of hydrogen-bond donors (Lipinski definition) is 3. The third-order valence-corrected chi connectivity index (χ3v) is 4.12. The lowest BCUT2D eigenvalue weighted by Gasteiger charge is -2.12. The van der Waals surface area contributed by atoms with Gasteiger partial charge in [0.25, 0.3) is 5.91 Å². The number of para-hydroxylation sites is 2. The highest BCUT2D eigenvalue weighted by Crippen LogP contribution is 2.16. The third-order valence-electron chi connectivity index (χ3n) is 4.12. The van der Waals surface area contributed by atoms with Gasteiger partial charge in [0.2, 0.25) is 5.89 Å². The highest BCUT2D eigenvalue weighted by molar-refractivity contribution is 5.97. The number of carbonyl (C=O) groups excluding carboxylic acids is 2. The zero-order valence-corrected chi connectivity index (χ0v) is 15.3. The lowest BCUT2D eigenvalue weighted by molar-refractivity contribution is -0.148. The van der Waals surface area contributed by atoms with E-state index in [0.717, 1.165) is 6.08 Å². The summed E-state index contributed by atoms with van der Waals surface area (Å²) in [7, 11) is 0. The monoisotopic (exact) mass is 392 g/mol. The first-order valence-corrected chi connectivity index (χ1v) is 8.75. The second-order valence-electron chi connectivity index (χ2n) is 6.26. The molecule has 0 radical (unpaired) electrons. The van der Waals surface area contributed by atoms with Crippen LogP contribution in [0.15, 0.2) is 57.8 Å². The summed E-state index contributed by atoms with van der Waals surface area (Å²) in [6, 6.07) is 12.1. The van der Waals surface area contributed by atoms with Crippen molar-refractivity contribution in [1.29, 1.82) is 0 Å². The minimum Gasteiger partial charge on any atom is -0.449 e. The Kier molecular flexibility index (Phi) is 4.70. The number of nitrogens with zero attached hydrogens (tertiary/aromatic N) is 1. The fourth-order valence-corrected chi connectivity index (χ4v) is 2.72. The summed E-state index contributed by atoms with van der Waals surface area (Å²) in [4.78, 5) is 45.0. The first-order chi connectivity index (χ1) is 14.0. The number of nitrogens with one attached hydrogen (secondary N) is 3. The van der Waals surface area contributed by atoms with E-state index in [0.29, 0.717) is 27.8 Å². The number of amides is 1. The summed E-state index contributed by atoms with van der Waals surface area (Å²) >= 11 is 0. The Morgan fingerprint density at radius 3 is 2.79 bits per heavy atom. The van der Waals surface area contributed by atoms with Crippen molar-refractivity contribution in [2.24, 2.45) is 0 Å². The molecule has 0 spiro atoms. The molecule has 1 amide bonds. The largest absolute Gasteiger partial charge is 0.449 e. The van der Waals surface area contributed by atoms with Crippen molar-refractivity contribution in [2.75, 3.05) is 5.32 Å². The molecule has 0 unspecified atom stereocenters. The number of rotatable bonds is 5. The topological polar surface area (TPSA) is 130 Å². The maximum Gasteiger partial charge on any atom is 0.331 e. The van der Waals surface area contributed by atoms with E-state index in [1.165, 1.54) is 13.0 Å². The number of imidazole rings is 1. The number of ether oxygens (including phenoxy) is 1. The van der Waals surface area contributed by atoms with Gasteiger partial charge in [0.15, 0.2) is 11.7 Å². The molecule has 29 heavy (non-hydrogen) atoms. The maximum atomic E-state index is 12.3. The van der Waals surface area contributed by atoms with Crippen LogP contribution >= 0.6 is 0 Å². The number of aromatic nitrogens is 3. The zero-order chi connectivity index (χ0) is 20.4. The molecule has 146 valence electrons. The first-order valence-electron chi connectivity index (χ1n) is 8.75. The molecule has 0 aliphatic heterocycles. The Balaban J connectivity index is 1.36. The molecular formula is C20H16N4O5. The van der Waals surface area contributed by atoms with Crippen molar-refractivity contribution in [3.63, 3.8) is 0 Å². The van der Waals surface area contributed by atoms with Crippen LogP contribution in [0.4, 0.5) is 5.69 Å². The number of anilines is 1. The molecule has 2 aromatic heterocycles. The maximum absolute atomic E-state index is 12.3. The van der Waals surface area contributed by atoms with E-state index in [-0.39, 0.29) is 11.6 Å². The van der Waals surface area contributed by atoms with Gasteiger partial charge in [0.1, 0.15) is 5.52 Å². The molecule has 9 nitrogen and oxygen atoms in total. The van der Waals surface area contributed by atoms with Gasteiger partial charge in [-0.05, 0) is 37.3 Å². The fourth-order valence-electron chi connectivity index (χ4n) is 2.72. The molecule has 0 aliphatic carbocycles. The van der Waals surface area contributed by atoms with Crippen molar-refractivity contribution in [2.45, 2.75) is 13.0 Å². The molecule has 0 saturated heterocycles. The zero-order valence-electron chi connectivity index (χ0n) is 15.3. The second kappa shape index (κ2) is 7.47. The van der Waals surface area contributed by atoms with Gasteiger partial charge in [-0.15, -0.1) is 0 Å². The number of hydrogen-bond acceptors (Lipinski definition) is 6. The second-order valence-corrected chi connectivity index (χ2v) is 6.26. The SMILES string of the molecule is C[C@@H](OC(=O)/C=C/c1nc2ccccc2o1)C(=O)Nc1ccc2[nH]c(=O)[nH]c2c1. The van der Waals surface area contributed by atoms with Crippen LogP contribution in [0.5, 0.6) is 0 Å². The Morgan fingerprint density at radius 2 is 1.97 bits per heavy atom. The standard InChI is InChI=1S/C20H16N4O5/c1-11(19(26)21-12-6-7-13-15(10-12)24-20(27)23-13)28-18(25)9-8-17-22-14-4-2-3-5-16(14)29-17/h2-11H,1H3,(H,21,26)(H2,23,24,27)/b9-8+/t11-/m1/s1. The summed E-state index contributed by atoms with van der Waals surface area (Å²) in [6.45, 7) is 1.46. The van der Waals surface area contributed by atoms with Gasteiger partial charge in [0.05, 0.1) is 11.0 Å². The van der Waals surface area contributed by atoms with Crippen LogP contribution in [0.1, 0.15) is 12.8 Å². The molecule has 3 N–H and O–H groups in total. The number of aromatic amines is 2. The number of oxazole rings is 1. The Morgan fingerprint density at radius 1 is 1.17 bits per heavy atom. The summed E-state index contributed by atoms with van der Waals surface area (Å²) in [5.41, 5.74) is 2.58. The normalized spacial score (nSPS) is 12.4. The predicted octanol–water partition coefficient (Wildman–Crippen LogP) is 2.58. The van der Waals surface area contributed by atoms with E-state index >= 15 is 0 Å². The van der Waals surface area contributed by atoms with Gasteiger partial charge >= 0.3 is 11.7 Å². The lowest BCUT2D eigenvalue weighted by atomic mass is 10.2. The Bertz CT molecular complexity index is 1260. The van der Waals surface area contributed by atoms with E-state index < -0.39 is 18.0 Å². The Labute approximate surface area is 163 Å². The van der Waals surface area contributed by atoms with E-state index in [4.69, 9.17) is 9.15 Å². The number of fused-ring (bicyclic) bond motifs is 2. The van der Waals surface area contributed by atoms with Crippen LogP contribution in [0.25, 0.3) is 28.2 Å². The van der Waals surface area contributed by atoms with Crippen molar-refractivity contribution < 1.29 is 18.7 Å². The van der Waals surface area contributed by atoms with Crippen molar-refractivity contribution >= 4 is 45.8 Å². The van der Waals surface area contributed by atoms with E-state index in [1.807, 2.05) is 12.1 Å². The van der Waals surface area contributed by atoms with Gasteiger partial charge in [0, 0.05) is 17.8 Å². The average molecular weight is 392 g/mol. The van der Waals surface area contributed by atoms with Crippen LogP contribution in [0.3, 0.4) is 0 Å². The molecule has 0 bridgehead atoms. The average Bonchev–Trinajstić information content (AvgIpc) is 3.27. The first kappa shape index (κ1) is 18.2. The Hall–Kier alpha value is -4.14. The van der Waals surface area contributed by atoms with Crippen LogP contribution in [-0.4, -0.2) is 32.9 Å². The highest BCUT2D eigenvalue weighted by Gasteiger charge is 2.17. The van der Waals surface area contributed by atoms with Gasteiger partial charge in [-0.1, -0.05) is 12.1 Å². The molecule has 9 heteroatoms. The summed E-state index contributed by atoms with van der Waals surface area (Å²) in [6.07, 6.45) is 1.49. The van der Waals surface area contributed by atoms with E-state index in [1.54, 1.807) is 30.3 Å². The highest BCUT2D eigenvalue weighted by atomic mass is 16.5. The fraction of sp³-hybridized carbons (Fsp3) is 0.100. The van der Waals surface area contributed by atoms with Gasteiger partial charge in [-0.3, -0.25) is 4.79 Å². The minimum absolute atomic E-state index is 0.258. The van der Waals surface area contributed by atoms with Gasteiger partial charge in [-0.2, -0.15) is 0 Å². The number of carbonyl (C=O) groups is 2. The van der Waals surface area contributed by atoms with Crippen LogP contribution in [0, 0.1) is 0 Å². The summed E-state index contributed by atoms with van der Waals surface area (Å²) < 4.78 is 10.6. The predicted molar refractivity (Wildman–Crippen MR) is 106 cm³/mol. The van der Waals surface area contributed by atoms with E-state index in [9.17, 15) is 14.4 Å². The number of benzene rings is 2. The smallest absolute Gasteiger partial charge is 0.331 e. The molecule has 4 aromatic rings. The molecule has 4 rings (SSSR count). The molecule has 1 atom stereocenters. The molecule has 0 fully saturated rings. The van der Waals surface area contributed by atoms with Crippen LogP contribution < -0.4 is 11.0 Å². The van der Waals surface area contributed by atoms with Crippen molar-refractivity contribution in [3.8, 4) is 0 Å². The van der Waals surface area contributed by atoms with Gasteiger partial charge in [-0.25, -0.2) is 14.6 Å². The summed E-state index contributed by atoms with van der Waals surface area (Å²) in [5.74, 6) is -0.958. The van der Waals surface area contributed by atoms with Crippen molar-refractivity contribution in [3.05, 3.63) is 64.9 Å². The molecule has 0 saturated carbocycles. The minimum atomic E-state index is -1.03. The van der Waals surface area contributed by atoms with Crippen molar-refractivity contribution in [1.82, 2.24) is 15.0 Å². The summed E-state index contributed by atoms with van der Waals surface area (Å²) in [5, 5.41) is 2.63. The van der Waals surface area contributed by atoms with Crippen LogP contribution in [0.2, 0.25) is 0 Å². The van der Waals surface area contributed by atoms with Gasteiger partial charge < -0.3 is 24.4 Å². The number of H-pyrrole nitrogens is 2. The third kappa shape index (κ3) is 4.08. The molecule has 2 heterocycles. The quantitative estimate of drug-likeness (QED) is 0.353.